The highest BCUT2D eigenvalue weighted by Gasteiger charge is 2.16. The van der Waals surface area contributed by atoms with Crippen LogP contribution >= 0.6 is 15.9 Å². The van der Waals surface area contributed by atoms with Gasteiger partial charge in [0.1, 0.15) is 11.6 Å². The average Bonchev–Trinajstić information content (AvgIpc) is 2.38. The zero-order valence-corrected chi connectivity index (χ0v) is 11.9. The molecule has 2 rings (SSSR count). The van der Waals surface area contributed by atoms with E-state index in [0.717, 1.165) is 6.07 Å². The minimum atomic E-state index is -1.30. The van der Waals surface area contributed by atoms with Crippen LogP contribution in [0.15, 0.2) is 34.8 Å². The van der Waals surface area contributed by atoms with Crippen molar-refractivity contribution in [2.45, 2.75) is 13.0 Å². The van der Waals surface area contributed by atoms with Gasteiger partial charge in [0.2, 0.25) is 0 Å². The molecule has 20 heavy (non-hydrogen) atoms. The predicted octanol–water partition coefficient (Wildman–Crippen LogP) is 5.18. The molecule has 1 unspecified atom stereocenters. The van der Waals surface area contributed by atoms with Crippen molar-refractivity contribution in [1.29, 1.82) is 0 Å². The number of benzene rings is 2. The van der Waals surface area contributed by atoms with E-state index in [4.69, 9.17) is 0 Å². The zero-order chi connectivity index (χ0) is 14.9. The highest BCUT2D eigenvalue weighted by Crippen LogP contribution is 2.27. The first-order chi connectivity index (χ1) is 9.38. The number of anilines is 1. The second-order valence-electron chi connectivity index (χ2n) is 4.28. The molecule has 0 aliphatic heterocycles. The average molecular weight is 348 g/mol. The minimum absolute atomic E-state index is 0.253. The predicted molar refractivity (Wildman–Crippen MR) is 72.5 cm³/mol. The quantitative estimate of drug-likeness (QED) is 0.595. The number of hydrogen-bond donors (Lipinski definition) is 1. The molecule has 0 heterocycles. The summed E-state index contributed by atoms with van der Waals surface area (Å²) in [7, 11) is 0. The van der Waals surface area contributed by atoms with Crippen molar-refractivity contribution >= 4 is 21.6 Å². The van der Waals surface area contributed by atoms with Gasteiger partial charge in [-0.1, -0.05) is 15.9 Å². The molecule has 2 aromatic rings. The molecule has 1 atom stereocenters. The van der Waals surface area contributed by atoms with Gasteiger partial charge in [0.15, 0.2) is 11.6 Å². The lowest BCUT2D eigenvalue weighted by atomic mass is 10.1. The first-order valence-corrected chi connectivity index (χ1v) is 6.54. The molecule has 0 saturated heterocycles. The third-order valence-corrected chi connectivity index (χ3v) is 3.28. The van der Waals surface area contributed by atoms with Gasteiger partial charge in [-0.3, -0.25) is 0 Å². The Labute approximate surface area is 121 Å². The molecule has 1 nitrogen and oxygen atoms in total. The van der Waals surface area contributed by atoms with E-state index in [1.807, 2.05) is 0 Å². The molecule has 0 radical (unpaired) electrons. The monoisotopic (exact) mass is 347 g/mol. The topological polar surface area (TPSA) is 12.0 Å². The van der Waals surface area contributed by atoms with Gasteiger partial charge in [0, 0.05) is 22.2 Å². The van der Waals surface area contributed by atoms with Crippen LogP contribution in [0.25, 0.3) is 0 Å². The van der Waals surface area contributed by atoms with Crippen LogP contribution in [0.2, 0.25) is 0 Å². The zero-order valence-electron chi connectivity index (χ0n) is 10.4. The summed E-state index contributed by atoms with van der Waals surface area (Å²) in [6.45, 7) is 1.56. The van der Waals surface area contributed by atoms with Crippen molar-refractivity contribution in [1.82, 2.24) is 0 Å². The van der Waals surface area contributed by atoms with Crippen LogP contribution in [-0.2, 0) is 0 Å². The Morgan fingerprint density at radius 3 is 2.40 bits per heavy atom. The lowest BCUT2D eigenvalue weighted by Crippen LogP contribution is -2.11. The highest BCUT2D eigenvalue weighted by atomic mass is 79.9. The summed E-state index contributed by atoms with van der Waals surface area (Å²) in [5.41, 5.74) is -0.0992. The van der Waals surface area contributed by atoms with E-state index in [-0.39, 0.29) is 11.3 Å². The van der Waals surface area contributed by atoms with Gasteiger partial charge in [-0.2, -0.15) is 0 Å². The lowest BCUT2D eigenvalue weighted by Gasteiger charge is -2.17. The second kappa shape index (κ2) is 5.83. The van der Waals surface area contributed by atoms with Gasteiger partial charge in [-0.05, 0) is 25.1 Å². The number of hydrogen-bond acceptors (Lipinski definition) is 1. The Bertz CT molecular complexity index is 645. The molecule has 0 aliphatic carbocycles. The van der Waals surface area contributed by atoms with Gasteiger partial charge in [0.25, 0.3) is 0 Å². The van der Waals surface area contributed by atoms with Gasteiger partial charge in [-0.15, -0.1) is 0 Å². The Morgan fingerprint density at radius 1 is 1.00 bits per heavy atom. The third kappa shape index (κ3) is 3.12. The van der Waals surface area contributed by atoms with E-state index in [1.54, 1.807) is 6.92 Å². The molecule has 0 aliphatic rings. The van der Waals surface area contributed by atoms with Crippen LogP contribution in [0.3, 0.4) is 0 Å². The first kappa shape index (κ1) is 14.8. The van der Waals surface area contributed by atoms with Crippen LogP contribution in [0, 0.1) is 23.3 Å². The largest absolute Gasteiger partial charge is 0.376 e. The van der Waals surface area contributed by atoms with Crippen LogP contribution in [-0.4, -0.2) is 0 Å². The summed E-state index contributed by atoms with van der Waals surface area (Å²) in [5, 5.41) is 2.56. The molecule has 0 saturated carbocycles. The van der Waals surface area contributed by atoms with Crippen molar-refractivity contribution in [2.75, 3.05) is 5.32 Å². The number of nitrogens with one attached hydrogen (secondary N) is 1. The van der Waals surface area contributed by atoms with Crippen LogP contribution < -0.4 is 5.32 Å². The molecular formula is C14H10BrF4N. The summed E-state index contributed by atoms with van der Waals surface area (Å²) in [6.07, 6.45) is 0. The Balaban J connectivity index is 2.32. The van der Waals surface area contributed by atoms with Crippen molar-refractivity contribution in [3.8, 4) is 0 Å². The normalized spacial score (nSPS) is 12.3. The Hall–Kier alpha value is -1.56. The maximum absolute atomic E-state index is 13.7. The fourth-order valence-corrected chi connectivity index (χ4v) is 2.20. The van der Waals surface area contributed by atoms with Gasteiger partial charge < -0.3 is 5.32 Å². The second-order valence-corrected chi connectivity index (χ2v) is 5.20. The number of rotatable bonds is 3. The smallest absolute Gasteiger partial charge is 0.182 e. The summed E-state index contributed by atoms with van der Waals surface area (Å²) >= 11 is 3.20. The third-order valence-electron chi connectivity index (χ3n) is 2.79. The molecule has 0 amide bonds. The van der Waals surface area contributed by atoms with E-state index >= 15 is 0 Å². The Morgan fingerprint density at radius 2 is 1.70 bits per heavy atom. The van der Waals surface area contributed by atoms with Crippen molar-refractivity contribution < 1.29 is 17.6 Å². The molecule has 6 heteroatoms. The molecule has 0 aromatic heterocycles. The molecule has 1 N–H and O–H groups in total. The maximum Gasteiger partial charge on any atom is 0.182 e. The summed E-state index contributed by atoms with van der Waals surface area (Å²) in [6, 6.07) is 4.90. The summed E-state index contributed by atoms with van der Waals surface area (Å²) in [5.74, 6) is -3.90. The molecule has 0 fully saturated rings. The minimum Gasteiger partial charge on any atom is -0.376 e. The summed E-state index contributed by atoms with van der Waals surface area (Å²) in [4.78, 5) is 0. The highest BCUT2D eigenvalue weighted by molar-refractivity contribution is 9.10. The molecular weight excluding hydrogens is 338 g/mol. The molecule has 0 spiro atoms. The summed E-state index contributed by atoms with van der Waals surface area (Å²) < 4.78 is 54.0. The fraction of sp³-hybridized carbons (Fsp3) is 0.143. The van der Waals surface area contributed by atoms with E-state index in [9.17, 15) is 17.6 Å². The molecule has 0 bridgehead atoms. The van der Waals surface area contributed by atoms with Crippen molar-refractivity contribution in [3.05, 3.63) is 63.6 Å². The first-order valence-electron chi connectivity index (χ1n) is 5.74. The van der Waals surface area contributed by atoms with Crippen LogP contribution in [0.1, 0.15) is 18.5 Å². The van der Waals surface area contributed by atoms with Crippen molar-refractivity contribution in [3.63, 3.8) is 0 Å². The van der Waals surface area contributed by atoms with Gasteiger partial charge in [0.05, 0.1) is 11.7 Å². The maximum atomic E-state index is 13.7. The SMILES string of the molecule is CC(Nc1cc(F)cc(F)c1F)c1cc(Br)ccc1F. The number of halogens is 5. The van der Waals surface area contributed by atoms with E-state index in [1.165, 1.54) is 18.2 Å². The van der Waals surface area contributed by atoms with E-state index in [0.29, 0.717) is 10.5 Å². The Kier molecular flexibility index (Phi) is 4.32. The molecule has 2 aromatic carbocycles. The van der Waals surface area contributed by atoms with E-state index < -0.39 is 29.3 Å². The van der Waals surface area contributed by atoms with Gasteiger partial charge in [-0.25, -0.2) is 17.6 Å². The van der Waals surface area contributed by atoms with E-state index in [2.05, 4.69) is 21.2 Å². The van der Waals surface area contributed by atoms with Crippen LogP contribution in [0.4, 0.5) is 23.2 Å². The van der Waals surface area contributed by atoms with Crippen LogP contribution in [0.5, 0.6) is 0 Å². The molecule has 106 valence electrons. The lowest BCUT2D eigenvalue weighted by molar-refractivity contribution is 0.496. The fourth-order valence-electron chi connectivity index (χ4n) is 1.82. The standard InChI is InChI=1S/C14H10BrF4N/c1-7(10-4-8(15)2-3-11(10)17)20-13-6-9(16)5-12(18)14(13)19/h2-7,20H,1H3. The van der Waals surface area contributed by atoms with Gasteiger partial charge >= 0.3 is 0 Å². The van der Waals surface area contributed by atoms with Crippen molar-refractivity contribution in [2.24, 2.45) is 0 Å².